The molecule has 1 saturated carbocycles. The van der Waals surface area contributed by atoms with Crippen LogP contribution in [0.25, 0.3) is 0 Å². The standard InChI is InChI=1S/C17H26N2/c1-4-11-19(17-9-10-17)13-16-8-6-5-7-15(16)12-18-14(2)3/h4-8,14,17-18H,1,9-13H2,2-3H3. The lowest BCUT2D eigenvalue weighted by atomic mass is 10.1. The zero-order valence-electron chi connectivity index (χ0n) is 12.2. The predicted octanol–water partition coefficient (Wildman–Crippen LogP) is 3.34. The molecule has 0 aromatic heterocycles. The molecule has 0 radical (unpaired) electrons. The molecule has 2 heteroatoms. The molecule has 104 valence electrons. The third-order valence-electron chi connectivity index (χ3n) is 3.62. The Labute approximate surface area is 117 Å². The van der Waals surface area contributed by atoms with Gasteiger partial charge in [-0.05, 0) is 24.0 Å². The van der Waals surface area contributed by atoms with Gasteiger partial charge < -0.3 is 5.32 Å². The Balaban J connectivity index is 2.03. The van der Waals surface area contributed by atoms with Gasteiger partial charge in [-0.15, -0.1) is 6.58 Å². The van der Waals surface area contributed by atoms with Crippen LogP contribution in [0.2, 0.25) is 0 Å². The highest BCUT2D eigenvalue weighted by Crippen LogP contribution is 2.28. The lowest BCUT2D eigenvalue weighted by Gasteiger charge is -2.22. The summed E-state index contributed by atoms with van der Waals surface area (Å²) in [5.74, 6) is 0. The molecule has 0 saturated heterocycles. The van der Waals surface area contributed by atoms with E-state index in [2.05, 4.69) is 54.9 Å². The largest absolute Gasteiger partial charge is 0.310 e. The van der Waals surface area contributed by atoms with Crippen molar-refractivity contribution in [2.24, 2.45) is 0 Å². The van der Waals surface area contributed by atoms with Gasteiger partial charge in [0.25, 0.3) is 0 Å². The average molecular weight is 258 g/mol. The van der Waals surface area contributed by atoms with Crippen molar-refractivity contribution in [3.63, 3.8) is 0 Å². The second-order valence-electron chi connectivity index (χ2n) is 5.75. The molecule has 0 bridgehead atoms. The normalized spacial score (nSPS) is 15.2. The fraction of sp³-hybridized carbons (Fsp3) is 0.529. The molecule has 1 aromatic carbocycles. The van der Waals surface area contributed by atoms with Crippen molar-refractivity contribution in [2.75, 3.05) is 6.54 Å². The van der Waals surface area contributed by atoms with Crippen LogP contribution in [-0.2, 0) is 13.1 Å². The van der Waals surface area contributed by atoms with Gasteiger partial charge in [0.05, 0.1) is 0 Å². The summed E-state index contributed by atoms with van der Waals surface area (Å²) in [4.78, 5) is 2.54. The number of nitrogens with zero attached hydrogens (tertiary/aromatic N) is 1. The quantitative estimate of drug-likeness (QED) is 0.720. The summed E-state index contributed by atoms with van der Waals surface area (Å²) in [7, 11) is 0. The lowest BCUT2D eigenvalue weighted by Crippen LogP contribution is -2.27. The number of hydrogen-bond donors (Lipinski definition) is 1. The van der Waals surface area contributed by atoms with E-state index in [0.717, 1.165) is 25.7 Å². The molecule has 0 unspecified atom stereocenters. The number of benzene rings is 1. The first-order chi connectivity index (χ1) is 9.20. The molecule has 1 N–H and O–H groups in total. The van der Waals surface area contributed by atoms with Crippen molar-refractivity contribution in [1.29, 1.82) is 0 Å². The Morgan fingerprint density at radius 2 is 2.00 bits per heavy atom. The van der Waals surface area contributed by atoms with Crippen molar-refractivity contribution in [3.05, 3.63) is 48.0 Å². The maximum atomic E-state index is 3.88. The predicted molar refractivity (Wildman–Crippen MR) is 82.0 cm³/mol. The zero-order valence-corrected chi connectivity index (χ0v) is 12.2. The van der Waals surface area contributed by atoms with Crippen LogP contribution >= 0.6 is 0 Å². The van der Waals surface area contributed by atoms with E-state index in [-0.39, 0.29) is 0 Å². The SMILES string of the molecule is C=CCN(Cc1ccccc1CNC(C)C)C1CC1. The third kappa shape index (κ3) is 4.48. The Morgan fingerprint density at radius 1 is 1.32 bits per heavy atom. The summed E-state index contributed by atoms with van der Waals surface area (Å²) in [5.41, 5.74) is 2.87. The number of hydrogen-bond acceptors (Lipinski definition) is 2. The third-order valence-corrected chi connectivity index (χ3v) is 3.62. The van der Waals surface area contributed by atoms with Gasteiger partial charge >= 0.3 is 0 Å². The maximum absolute atomic E-state index is 3.88. The van der Waals surface area contributed by atoms with Crippen molar-refractivity contribution in [3.8, 4) is 0 Å². The first-order valence-corrected chi connectivity index (χ1v) is 7.36. The lowest BCUT2D eigenvalue weighted by molar-refractivity contribution is 0.282. The van der Waals surface area contributed by atoms with E-state index in [1.807, 2.05) is 6.08 Å². The first-order valence-electron chi connectivity index (χ1n) is 7.36. The summed E-state index contributed by atoms with van der Waals surface area (Å²) in [6, 6.07) is 10.1. The van der Waals surface area contributed by atoms with E-state index in [9.17, 15) is 0 Å². The van der Waals surface area contributed by atoms with Crippen LogP contribution in [0.3, 0.4) is 0 Å². The maximum Gasteiger partial charge on any atom is 0.0243 e. The van der Waals surface area contributed by atoms with Crippen LogP contribution in [0.5, 0.6) is 0 Å². The number of nitrogens with one attached hydrogen (secondary N) is 1. The zero-order chi connectivity index (χ0) is 13.7. The van der Waals surface area contributed by atoms with E-state index in [4.69, 9.17) is 0 Å². The number of rotatable bonds is 8. The van der Waals surface area contributed by atoms with Gasteiger partial charge in [-0.25, -0.2) is 0 Å². The topological polar surface area (TPSA) is 15.3 Å². The summed E-state index contributed by atoms with van der Waals surface area (Å²) in [5, 5.41) is 3.51. The summed E-state index contributed by atoms with van der Waals surface area (Å²) >= 11 is 0. The van der Waals surface area contributed by atoms with Crippen LogP contribution in [0, 0.1) is 0 Å². The molecule has 1 aliphatic rings. The molecule has 0 atom stereocenters. The van der Waals surface area contributed by atoms with Gasteiger partial charge in [-0.1, -0.05) is 44.2 Å². The molecule has 0 heterocycles. The van der Waals surface area contributed by atoms with Crippen molar-refractivity contribution >= 4 is 0 Å². The Morgan fingerprint density at radius 3 is 2.58 bits per heavy atom. The Hall–Kier alpha value is -1.12. The van der Waals surface area contributed by atoms with Gasteiger partial charge in [-0.3, -0.25) is 4.90 Å². The highest BCUT2D eigenvalue weighted by molar-refractivity contribution is 5.27. The minimum absolute atomic E-state index is 0.528. The molecular formula is C17H26N2. The highest BCUT2D eigenvalue weighted by atomic mass is 15.2. The van der Waals surface area contributed by atoms with E-state index >= 15 is 0 Å². The molecule has 0 aliphatic heterocycles. The summed E-state index contributed by atoms with van der Waals surface area (Å²) < 4.78 is 0. The molecule has 0 spiro atoms. The first kappa shape index (κ1) is 14.3. The average Bonchev–Trinajstić information content (AvgIpc) is 3.21. The molecule has 0 amide bonds. The van der Waals surface area contributed by atoms with Crippen LogP contribution in [-0.4, -0.2) is 23.5 Å². The molecule has 19 heavy (non-hydrogen) atoms. The van der Waals surface area contributed by atoms with Gasteiger partial charge in [0.15, 0.2) is 0 Å². The van der Waals surface area contributed by atoms with E-state index in [0.29, 0.717) is 6.04 Å². The smallest absolute Gasteiger partial charge is 0.0243 e. The second-order valence-corrected chi connectivity index (χ2v) is 5.75. The van der Waals surface area contributed by atoms with E-state index in [1.165, 1.54) is 24.0 Å². The Bertz CT molecular complexity index is 407. The molecule has 1 aliphatic carbocycles. The highest BCUT2D eigenvalue weighted by Gasteiger charge is 2.28. The Kier molecular flexibility index (Phi) is 5.17. The van der Waals surface area contributed by atoms with Gasteiger partial charge in [0.2, 0.25) is 0 Å². The van der Waals surface area contributed by atoms with Crippen LogP contribution in [0.1, 0.15) is 37.8 Å². The van der Waals surface area contributed by atoms with Crippen LogP contribution in [0.4, 0.5) is 0 Å². The molecule has 1 aromatic rings. The fourth-order valence-corrected chi connectivity index (χ4v) is 2.37. The summed E-state index contributed by atoms with van der Waals surface area (Å²) in [6.07, 6.45) is 4.72. The van der Waals surface area contributed by atoms with Crippen molar-refractivity contribution < 1.29 is 0 Å². The van der Waals surface area contributed by atoms with Crippen LogP contribution in [0.15, 0.2) is 36.9 Å². The van der Waals surface area contributed by atoms with Gasteiger partial charge in [0.1, 0.15) is 0 Å². The molecule has 1 fully saturated rings. The monoisotopic (exact) mass is 258 g/mol. The minimum atomic E-state index is 0.528. The fourth-order valence-electron chi connectivity index (χ4n) is 2.37. The van der Waals surface area contributed by atoms with Crippen molar-refractivity contribution in [2.45, 2.75) is 51.9 Å². The second kappa shape index (κ2) is 6.88. The van der Waals surface area contributed by atoms with E-state index in [1.54, 1.807) is 0 Å². The molecule has 2 rings (SSSR count). The van der Waals surface area contributed by atoms with Crippen molar-refractivity contribution in [1.82, 2.24) is 10.2 Å². The molecule has 2 nitrogen and oxygen atoms in total. The van der Waals surface area contributed by atoms with Gasteiger partial charge in [-0.2, -0.15) is 0 Å². The van der Waals surface area contributed by atoms with Crippen LogP contribution < -0.4 is 5.32 Å². The van der Waals surface area contributed by atoms with Gasteiger partial charge in [0, 0.05) is 31.7 Å². The molecular weight excluding hydrogens is 232 g/mol. The summed E-state index contributed by atoms with van der Waals surface area (Å²) in [6.45, 7) is 11.3. The van der Waals surface area contributed by atoms with E-state index < -0.39 is 0 Å². The minimum Gasteiger partial charge on any atom is -0.310 e.